The van der Waals surface area contributed by atoms with Gasteiger partial charge in [0.2, 0.25) is 0 Å². The van der Waals surface area contributed by atoms with E-state index in [2.05, 4.69) is 20.7 Å². The molecule has 2 N–H and O–H groups in total. The molecule has 0 amide bonds. The van der Waals surface area contributed by atoms with Gasteiger partial charge in [0.05, 0.1) is 7.11 Å². The highest BCUT2D eigenvalue weighted by atomic mass is 79.9. The summed E-state index contributed by atoms with van der Waals surface area (Å²) in [5.74, 6) is -0.377. The summed E-state index contributed by atoms with van der Waals surface area (Å²) in [5.41, 5.74) is 7.16. The molecular weight excluding hydrogens is 246 g/mol. The van der Waals surface area contributed by atoms with Crippen molar-refractivity contribution in [1.29, 1.82) is 0 Å². The number of rotatable bonds is 2. The first-order valence-corrected chi connectivity index (χ1v) is 4.74. The first-order valence-electron chi connectivity index (χ1n) is 3.94. The lowest BCUT2D eigenvalue weighted by molar-refractivity contribution is -0.134. The van der Waals surface area contributed by atoms with E-state index in [0.717, 1.165) is 10.0 Å². The maximum absolute atomic E-state index is 10.8. The van der Waals surface area contributed by atoms with E-state index in [1.54, 1.807) is 12.1 Å². The highest BCUT2D eigenvalue weighted by molar-refractivity contribution is 9.10. The quantitative estimate of drug-likeness (QED) is 0.501. The molecule has 3 nitrogen and oxygen atoms in total. The number of benzene rings is 1. The molecule has 0 saturated heterocycles. The number of esters is 1. The molecule has 0 heterocycles. The first-order chi connectivity index (χ1) is 6.63. The Morgan fingerprint density at radius 2 is 2.29 bits per heavy atom. The molecule has 0 bridgehead atoms. The van der Waals surface area contributed by atoms with Gasteiger partial charge in [0.1, 0.15) is 0 Å². The van der Waals surface area contributed by atoms with Crippen molar-refractivity contribution in [3.05, 3.63) is 34.3 Å². The fourth-order valence-corrected chi connectivity index (χ4v) is 1.28. The second kappa shape index (κ2) is 4.81. The molecule has 0 fully saturated rings. The van der Waals surface area contributed by atoms with Crippen LogP contribution in [0.1, 0.15) is 5.56 Å². The molecule has 0 aliphatic heterocycles. The summed E-state index contributed by atoms with van der Waals surface area (Å²) >= 11 is 3.30. The van der Waals surface area contributed by atoms with Crippen LogP contribution in [0.3, 0.4) is 0 Å². The van der Waals surface area contributed by atoms with Crippen LogP contribution < -0.4 is 5.73 Å². The molecule has 4 heteroatoms. The van der Waals surface area contributed by atoms with E-state index >= 15 is 0 Å². The summed E-state index contributed by atoms with van der Waals surface area (Å²) in [6, 6.07) is 5.41. The van der Waals surface area contributed by atoms with E-state index in [0.29, 0.717) is 5.69 Å². The zero-order valence-electron chi connectivity index (χ0n) is 7.66. The van der Waals surface area contributed by atoms with Gasteiger partial charge < -0.3 is 10.5 Å². The minimum absolute atomic E-state index is 0.377. The van der Waals surface area contributed by atoms with Gasteiger partial charge in [0.25, 0.3) is 0 Å². The number of methoxy groups -OCH3 is 1. The maximum atomic E-state index is 10.8. The number of carbonyl (C=O) groups is 1. The minimum Gasteiger partial charge on any atom is -0.466 e. The normalized spacial score (nSPS) is 10.4. The molecular formula is C10H10BrNO2. The number of halogens is 1. The third kappa shape index (κ3) is 2.88. The molecule has 74 valence electrons. The summed E-state index contributed by atoms with van der Waals surface area (Å²) in [5, 5.41) is 0. The van der Waals surface area contributed by atoms with Crippen LogP contribution in [-0.4, -0.2) is 13.1 Å². The van der Waals surface area contributed by atoms with E-state index in [1.807, 2.05) is 12.1 Å². The van der Waals surface area contributed by atoms with Crippen molar-refractivity contribution in [1.82, 2.24) is 0 Å². The van der Waals surface area contributed by atoms with Crippen LogP contribution in [0, 0.1) is 0 Å². The van der Waals surface area contributed by atoms with Gasteiger partial charge in [-0.05, 0) is 39.7 Å². The SMILES string of the molecule is COC(=O)C=Cc1ccc(N)c(Br)c1. The van der Waals surface area contributed by atoms with Gasteiger partial charge in [-0.3, -0.25) is 0 Å². The van der Waals surface area contributed by atoms with Crippen LogP contribution in [0.4, 0.5) is 5.69 Å². The van der Waals surface area contributed by atoms with Gasteiger partial charge in [0, 0.05) is 16.2 Å². The Morgan fingerprint density at radius 1 is 1.57 bits per heavy atom. The summed E-state index contributed by atoms with van der Waals surface area (Å²) in [6.45, 7) is 0. The molecule has 0 atom stereocenters. The van der Waals surface area contributed by atoms with E-state index in [-0.39, 0.29) is 5.97 Å². The molecule has 0 aliphatic rings. The summed E-state index contributed by atoms with van der Waals surface area (Å²) < 4.78 is 5.27. The number of anilines is 1. The molecule has 14 heavy (non-hydrogen) atoms. The lowest BCUT2D eigenvalue weighted by atomic mass is 10.2. The van der Waals surface area contributed by atoms with Gasteiger partial charge in [-0.25, -0.2) is 4.79 Å². The van der Waals surface area contributed by atoms with Crippen LogP contribution in [0.15, 0.2) is 28.7 Å². The van der Waals surface area contributed by atoms with Crippen LogP contribution in [0.2, 0.25) is 0 Å². The average Bonchev–Trinajstić information content (AvgIpc) is 2.19. The lowest BCUT2D eigenvalue weighted by Gasteiger charge is -1.98. The van der Waals surface area contributed by atoms with Crippen LogP contribution in [0.5, 0.6) is 0 Å². The van der Waals surface area contributed by atoms with Crippen molar-refractivity contribution in [3.8, 4) is 0 Å². The zero-order valence-corrected chi connectivity index (χ0v) is 9.24. The predicted octanol–water partition coefficient (Wildman–Crippen LogP) is 2.22. The fraction of sp³-hybridized carbons (Fsp3) is 0.100. The molecule has 0 saturated carbocycles. The third-order valence-corrected chi connectivity index (χ3v) is 2.32. The summed E-state index contributed by atoms with van der Waals surface area (Å²) in [4.78, 5) is 10.8. The molecule has 0 unspecified atom stereocenters. The van der Waals surface area contributed by atoms with E-state index in [1.165, 1.54) is 13.2 Å². The highest BCUT2D eigenvalue weighted by Gasteiger charge is 1.96. The summed E-state index contributed by atoms with van der Waals surface area (Å²) in [6.07, 6.45) is 3.02. The Labute approximate surface area is 90.7 Å². The molecule has 0 aliphatic carbocycles. The Kier molecular flexibility index (Phi) is 3.71. The maximum Gasteiger partial charge on any atom is 0.330 e. The number of hydrogen-bond acceptors (Lipinski definition) is 3. The lowest BCUT2D eigenvalue weighted by Crippen LogP contribution is -1.93. The largest absolute Gasteiger partial charge is 0.466 e. The van der Waals surface area contributed by atoms with Gasteiger partial charge >= 0.3 is 5.97 Å². The average molecular weight is 256 g/mol. The van der Waals surface area contributed by atoms with Crippen LogP contribution in [-0.2, 0) is 9.53 Å². The molecule has 0 radical (unpaired) electrons. The first kappa shape index (κ1) is 10.8. The number of hydrogen-bond donors (Lipinski definition) is 1. The minimum atomic E-state index is -0.377. The molecule has 1 rings (SSSR count). The Morgan fingerprint density at radius 3 is 2.86 bits per heavy atom. The molecule has 1 aromatic rings. The van der Waals surface area contributed by atoms with Gasteiger partial charge in [-0.15, -0.1) is 0 Å². The monoisotopic (exact) mass is 255 g/mol. The second-order valence-corrected chi connectivity index (χ2v) is 3.49. The number of ether oxygens (including phenoxy) is 1. The molecule has 0 aromatic heterocycles. The standard InChI is InChI=1S/C10H10BrNO2/c1-14-10(13)5-3-7-2-4-9(12)8(11)6-7/h2-6H,12H2,1H3. The van der Waals surface area contributed by atoms with Crippen molar-refractivity contribution in [3.63, 3.8) is 0 Å². The second-order valence-electron chi connectivity index (χ2n) is 2.64. The van der Waals surface area contributed by atoms with Gasteiger partial charge in [-0.1, -0.05) is 6.07 Å². The van der Waals surface area contributed by atoms with E-state index in [9.17, 15) is 4.79 Å². The predicted molar refractivity (Wildman–Crippen MR) is 59.6 cm³/mol. The number of carbonyl (C=O) groups excluding carboxylic acids is 1. The molecule has 0 spiro atoms. The Balaban J connectivity index is 2.83. The van der Waals surface area contributed by atoms with Crippen LogP contribution >= 0.6 is 15.9 Å². The third-order valence-electron chi connectivity index (χ3n) is 1.64. The smallest absolute Gasteiger partial charge is 0.330 e. The highest BCUT2D eigenvalue weighted by Crippen LogP contribution is 2.20. The van der Waals surface area contributed by atoms with Crippen LogP contribution in [0.25, 0.3) is 6.08 Å². The van der Waals surface area contributed by atoms with Gasteiger partial charge in [-0.2, -0.15) is 0 Å². The van der Waals surface area contributed by atoms with E-state index in [4.69, 9.17) is 5.73 Å². The van der Waals surface area contributed by atoms with Crippen molar-refractivity contribution in [2.75, 3.05) is 12.8 Å². The summed E-state index contributed by atoms with van der Waals surface area (Å²) in [7, 11) is 1.34. The molecule has 1 aromatic carbocycles. The van der Waals surface area contributed by atoms with Crippen molar-refractivity contribution < 1.29 is 9.53 Å². The Hall–Kier alpha value is -1.29. The zero-order chi connectivity index (χ0) is 10.6. The number of nitrogens with two attached hydrogens (primary N) is 1. The van der Waals surface area contributed by atoms with Gasteiger partial charge in [0.15, 0.2) is 0 Å². The van der Waals surface area contributed by atoms with Crippen molar-refractivity contribution >= 4 is 33.7 Å². The number of nitrogen functional groups attached to an aromatic ring is 1. The fourth-order valence-electron chi connectivity index (χ4n) is 0.879. The Bertz CT molecular complexity index is 374. The van der Waals surface area contributed by atoms with E-state index < -0.39 is 0 Å². The van der Waals surface area contributed by atoms with Crippen molar-refractivity contribution in [2.45, 2.75) is 0 Å². The topological polar surface area (TPSA) is 52.3 Å². The van der Waals surface area contributed by atoms with Crippen molar-refractivity contribution in [2.24, 2.45) is 0 Å².